The molecule has 0 bridgehead atoms. The number of nitrogens with one attached hydrogen (secondary N) is 1. The Morgan fingerprint density at radius 2 is 1.84 bits per heavy atom. The molecule has 4 nitrogen and oxygen atoms in total. The summed E-state index contributed by atoms with van der Waals surface area (Å²) < 4.78 is 31.9. The highest BCUT2D eigenvalue weighted by Crippen LogP contribution is 2.23. The van der Waals surface area contributed by atoms with Crippen molar-refractivity contribution in [3.63, 3.8) is 0 Å². The summed E-state index contributed by atoms with van der Waals surface area (Å²) in [5.74, 6) is -2.77. The molecule has 1 amide bonds. The summed E-state index contributed by atoms with van der Waals surface area (Å²) in [4.78, 5) is 23.7. The summed E-state index contributed by atoms with van der Waals surface area (Å²) >= 11 is 1.38. The number of carbonyl (C=O) groups is 2. The molecule has 1 unspecified atom stereocenters. The van der Waals surface area contributed by atoms with E-state index in [1.807, 2.05) is 30.3 Å². The largest absolute Gasteiger partial charge is 0.465 e. The third kappa shape index (κ3) is 5.03. The van der Waals surface area contributed by atoms with Crippen molar-refractivity contribution < 1.29 is 23.1 Å². The number of rotatable bonds is 6. The first kappa shape index (κ1) is 18.9. The number of anilines is 1. The molecule has 0 aliphatic rings. The summed E-state index contributed by atoms with van der Waals surface area (Å²) in [6, 6.07) is 11.1. The highest BCUT2D eigenvalue weighted by Gasteiger charge is 2.20. The second-order valence-corrected chi connectivity index (χ2v) is 6.56. The minimum atomic E-state index is -1.05. The molecule has 2 aromatic carbocycles. The van der Waals surface area contributed by atoms with E-state index in [1.165, 1.54) is 11.8 Å². The van der Waals surface area contributed by atoms with Gasteiger partial charge in [-0.3, -0.25) is 4.79 Å². The van der Waals surface area contributed by atoms with Crippen LogP contribution < -0.4 is 5.32 Å². The fraction of sp³-hybridized carbons (Fsp3) is 0.222. The molecule has 1 N–H and O–H groups in total. The molecule has 0 aromatic heterocycles. The van der Waals surface area contributed by atoms with Gasteiger partial charge in [-0.05, 0) is 18.6 Å². The molecule has 0 fully saturated rings. The number of hydrogen-bond donors (Lipinski definition) is 1. The first-order valence-electron chi connectivity index (χ1n) is 7.46. The first-order valence-corrected chi connectivity index (χ1v) is 8.51. The second-order valence-electron chi connectivity index (χ2n) is 5.23. The van der Waals surface area contributed by atoms with Crippen LogP contribution in [0.2, 0.25) is 0 Å². The van der Waals surface area contributed by atoms with E-state index in [1.54, 1.807) is 6.92 Å². The monoisotopic (exact) mass is 365 g/mol. The van der Waals surface area contributed by atoms with Crippen LogP contribution in [0.25, 0.3) is 0 Å². The Hall–Kier alpha value is -2.41. The van der Waals surface area contributed by atoms with Crippen LogP contribution in [0, 0.1) is 11.6 Å². The fourth-order valence-electron chi connectivity index (χ4n) is 2.02. The van der Waals surface area contributed by atoms with Gasteiger partial charge in [-0.2, -0.15) is 0 Å². The van der Waals surface area contributed by atoms with Crippen LogP contribution in [0.1, 0.15) is 22.8 Å². The predicted molar refractivity (Wildman–Crippen MR) is 93.5 cm³/mol. The lowest BCUT2D eigenvalue weighted by molar-refractivity contribution is -0.115. The van der Waals surface area contributed by atoms with Crippen molar-refractivity contribution in [2.24, 2.45) is 0 Å². The van der Waals surface area contributed by atoms with Crippen molar-refractivity contribution >= 4 is 29.3 Å². The van der Waals surface area contributed by atoms with Gasteiger partial charge in [-0.15, -0.1) is 11.8 Å². The molecule has 132 valence electrons. The lowest BCUT2D eigenvalue weighted by Crippen LogP contribution is -2.23. The Kier molecular flexibility index (Phi) is 6.52. The zero-order valence-corrected chi connectivity index (χ0v) is 14.5. The number of hydrogen-bond acceptors (Lipinski definition) is 4. The highest BCUT2D eigenvalue weighted by atomic mass is 32.2. The highest BCUT2D eigenvalue weighted by molar-refractivity contribution is 7.99. The number of halogens is 2. The second kappa shape index (κ2) is 8.62. The van der Waals surface area contributed by atoms with E-state index in [4.69, 9.17) is 0 Å². The zero-order valence-electron chi connectivity index (χ0n) is 13.7. The normalized spacial score (nSPS) is 11.7. The van der Waals surface area contributed by atoms with Crippen LogP contribution in [-0.2, 0) is 15.3 Å². The zero-order chi connectivity index (χ0) is 18.4. The van der Waals surface area contributed by atoms with Crippen molar-refractivity contribution in [3.05, 3.63) is 65.2 Å². The number of methoxy groups -OCH3 is 1. The topological polar surface area (TPSA) is 55.4 Å². The average Bonchev–Trinajstić information content (AvgIpc) is 2.62. The average molecular weight is 365 g/mol. The third-order valence-corrected chi connectivity index (χ3v) is 4.65. The molecule has 7 heteroatoms. The summed E-state index contributed by atoms with van der Waals surface area (Å²) in [7, 11) is 1.09. The maximum Gasteiger partial charge on any atom is 0.340 e. The van der Waals surface area contributed by atoms with Gasteiger partial charge in [0.25, 0.3) is 0 Å². The summed E-state index contributed by atoms with van der Waals surface area (Å²) in [6.07, 6.45) is 0. The van der Waals surface area contributed by atoms with E-state index in [0.29, 0.717) is 11.8 Å². The molecule has 2 rings (SSSR count). The summed E-state index contributed by atoms with van der Waals surface area (Å²) in [6.45, 7) is 1.69. The molecule has 0 saturated carbocycles. The first-order chi connectivity index (χ1) is 11.9. The maximum absolute atomic E-state index is 13.9. The Morgan fingerprint density at radius 1 is 1.16 bits per heavy atom. The van der Waals surface area contributed by atoms with Gasteiger partial charge in [0.15, 0.2) is 0 Å². The molecule has 2 aromatic rings. The summed E-state index contributed by atoms with van der Waals surface area (Å²) in [5, 5.41) is 1.92. The Balaban J connectivity index is 2.05. The molecular formula is C18H17F2NO3S. The van der Waals surface area contributed by atoms with Gasteiger partial charge in [-0.1, -0.05) is 30.3 Å². The van der Waals surface area contributed by atoms with Gasteiger partial charge < -0.3 is 10.1 Å². The van der Waals surface area contributed by atoms with Gasteiger partial charge in [0, 0.05) is 11.8 Å². The molecule has 0 aliphatic heterocycles. The van der Waals surface area contributed by atoms with E-state index >= 15 is 0 Å². The number of amides is 1. The minimum Gasteiger partial charge on any atom is -0.465 e. The van der Waals surface area contributed by atoms with Crippen LogP contribution in [0.15, 0.2) is 42.5 Å². The van der Waals surface area contributed by atoms with Crippen LogP contribution in [0.3, 0.4) is 0 Å². The van der Waals surface area contributed by atoms with Crippen molar-refractivity contribution in [1.82, 2.24) is 0 Å². The van der Waals surface area contributed by atoms with Crippen molar-refractivity contribution in [1.29, 1.82) is 0 Å². The quantitative estimate of drug-likeness (QED) is 0.786. The number of benzene rings is 2. The van der Waals surface area contributed by atoms with Crippen molar-refractivity contribution in [3.8, 4) is 0 Å². The van der Waals surface area contributed by atoms with Gasteiger partial charge in [-0.25, -0.2) is 13.6 Å². The van der Waals surface area contributed by atoms with Crippen LogP contribution in [0.5, 0.6) is 0 Å². The van der Waals surface area contributed by atoms with Crippen LogP contribution in [0.4, 0.5) is 14.5 Å². The molecular weight excluding hydrogens is 348 g/mol. The Bertz CT molecular complexity index is 768. The van der Waals surface area contributed by atoms with Gasteiger partial charge in [0.1, 0.15) is 11.6 Å². The van der Waals surface area contributed by atoms with E-state index in [9.17, 15) is 18.4 Å². The van der Waals surface area contributed by atoms with E-state index < -0.39 is 34.3 Å². The van der Waals surface area contributed by atoms with Crippen LogP contribution in [-0.4, -0.2) is 24.2 Å². The number of thioether (sulfide) groups is 1. The van der Waals surface area contributed by atoms with E-state index in [2.05, 4.69) is 10.1 Å². The number of ether oxygens (including phenoxy) is 1. The molecule has 0 spiro atoms. The van der Waals surface area contributed by atoms with Gasteiger partial charge in [0.2, 0.25) is 5.91 Å². The number of carbonyl (C=O) groups excluding carboxylic acids is 2. The predicted octanol–water partition coefficient (Wildman–Crippen LogP) is 4.01. The number of esters is 1. The molecule has 0 heterocycles. The minimum absolute atomic E-state index is 0.265. The van der Waals surface area contributed by atoms with E-state index in [-0.39, 0.29) is 5.69 Å². The molecule has 1 atom stereocenters. The van der Waals surface area contributed by atoms with Gasteiger partial charge >= 0.3 is 5.97 Å². The maximum atomic E-state index is 13.9. The third-order valence-electron chi connectivity index (χ3n) is 3.43. The van der Waals surface area contributed by atoms with E-state index in [0.717, 1.165) is 18.7 Å². The smallest absolute Gasteiger partial charge is 0.340 e. The van der Waals surface area contributed by atoms with Gasteiger partial charge in [0.05, 0.1) is 23.6 Å². The molecule has 0 aliphatic carbocycles. The lowest BCUT2D eigenvalue weighted by atomic mass is 10.1. The molecule has 25 heavy (non-hydrogen) atoms. The fourth-order valence-corrected chi connectivity index (χ4v) is 2.86. The SMILES string of the molecule is COC(=O)c1cc(NC(=O)C(C)SCc2ccccc2)c(F)cc1F. The van der Waals surface area contributed by atoms with Crippen molar-refractivity contribution in [2.75, 3.05) is 12.4 Å². The standard InChI is InChI=1S/C18H17F2NO3S/c1-11(25-10-12-6-4-3-5-7-12)17(22)21-16-8-13(18(23)24-2)14(19)9-15(16)20/h3-9,11H,10H2,1-2H3,(H,21,22). The van der Waals surface area contributed by atoms with Crippen LogP contribution >= 0.6 is 11.8 Å². The Morgan fingerprint density at radius 3 is 2.48 bits per heavy atom. The molecule has 0 saturated heterocycles. The van der Waals surface area contributed by atoms with Crippen molar-refractivity contribution in [2.45, 2.75) is 17.9 Å². The molecule has 0 radical (unpaired) electrons. The lowest BCUT2D eigenvalue weighted by Gasteiger charge is -2.13. The Labute approximate surface area is 148 Å². The summed E-state index contributed by atoms with van der Waals surface area (Å²) in [5.41, 5.74) is 0.357.